The zero-order valence-corrected chi connectivity index (χ0v) is 14.3. The number of hydrogen-bond donors (Lipinski definition) is 2. The minimum absolute atomic E-state index is 0.168. The van der Waals surface area contributed by atoms with E-state index in [1.165, 1.54) is 18.4 Å². The molecule has 0 bridgehead atoms. The lowest BCUT2D eigenvalue weighted by Crippen LogP contribution is -2.16. The molecule has 1 heterocycles. The molecule has 0 saturated heterocycles. The van der Waals surface area contributed by atoms with Crippen molar-refractivity contribution in [3.63, 3.8) is 0 Å². The first-order valence-corrected chi connectivity index (χ1v) is 8.00. The Morgan fingerprint density at radius 1 is 0.840 bits per heavy atom. The van der Waals surface area contributed by atoms with Crippen molar-refractivity contribution in [2.45, 2.75) is 0 Å². The fraction of sp³-hybridized carbons (Fsp3) is 0. The predicted molar refractivity (Wildman–Crippen MR) is 97.5 cm³/mol. The number of hydrogen-bond acceptors (Lipinski definition) is 3. The van der Waals surface area contributed by atoms with Crippen LogP contribution >= 0.6 is 23.2 Å². The summed E-state index contributed by atoms with van der Waals surface area (Å²) < 4.78 is 5.06. The fourth-order valence-electron chi connectivity index (χ4n) is 2.16. The van der Waals surface area contributed by atoms with Gasteiger partial charge in [-0.25, -0.2) is 0 Å². The predicted octanol–water partition coefficient (Wildman–Crippen LogP) is 5.09. The second-order valence-corrected chi connectivity index (χ2v) is 5.90. The Labute approximate surface area is 153 Å². The number of nitrogens with one attached hydrogen (secondary N) is 2. The topological polar surface area (TPSA) is 71.3 Å². The minimum Gasteiger partial charge on any atom is -0.459 e. The molecule has 126 valence electrons. The van der Waals surface area contributed by atoms with E-state index in [-0.39, 0.29) is 16.3 Å². The highest BCUT2D eigenvalue weighted by molar-refractivity contribution is 6.37. The number of benzene rings is 2. The van der Waals surface area contributed by atoms with Crippen molar-refractivity contribution in [1.82, 2.24) is 0 Å². The summed E-state index contributed by atoms with van der Waals surface area (Å²) in [5.41, 5.74) is 1.14. The number of para-hydroxylation sites is 2. The summed E-state index contributed by atoms with van der Waals surface area (Å²) in [6.45, 7) is 0. The molecule has 0 fully saturated rings. The molecule has 0 radical (unpaired) electrons. The van der Waals surface area contributed by atoms with Crippen molar-refractivity contribution in [3.8, 4) is 0 Å². The van der Waals surface area contributed by atoms with Crippen LogP contribution in [0, 0.1) is 0 Å². The number of halogens is 2. The molecule has 3 aromatic rings. The van der Waals surface area contributed by atoms with Gasteiger partial charge in [-0.05, 0) is 42.5 Å². The summed E-state index contributed by atoms with van der Waals surface area (Å²) >= 11 is 11.9. The second kappa shape index (κ2) is 7.42. The Balaban J connectivity index is 1.81. The van der Waals surface area contributed by atoms with Crippen LogP contribution in [0.5, 0.6) is 0 Å². The van der Waals surface area contributed by atoms with Gasteiger partial charge in [-0.1, -0.05) is 35.3 Å². The van der Waals surface area contributed by atoms with Crippen molar-refractivity contribution in [2.75, 3.05) is 10.6 Å². The zero-order valence-electron chi connectivity index (χ0n) is 12.8. The SMILES string of the molecule is O=C(Nc1ccccc1NC(=O)c1ccc(Cl)cc1Cl)c1ccco1. The lowest BCUT2D eigenvalue weighted by Gasteiger charge is -2.12. The molecule has 0 saturated carbocycles. The molecule has 0 aliphatic heterocycles. The van der Waals surface area contributed by atoms with E-state index in [1.54, 1.807) is 42.5 Å². The van der Waals surface area contributed by atoms with E-state index >= 15 is 0 Å². The number of rotatable bonds is 4. The highest BCUT2D eigenvalue weighted by atomic mass is 35.5. The molecule has 2 N–H and O–H groups in total. The molecule has 0 atom stereocenters. The van der Waals surface area contributed by atoms with Crippen LogP contribution in [0.25, 0.3) is 0 Å². The maximum atomic E-state index is 12.4. The molecule has 2 aromatic carbocycles. The van der Waals surface area contributed by atoms with Gasteiger partial charge >= 0.3 is 0 Å². The van der Waals surface area contributed by atoms with Gasteiger partial charge in [-0.2, -0.15) is 0 Å². The van der Waals surface area contributed by atoms with E-state index in [1.807, 2.05) is 0 Å². The Hall–Kier alpha value is -2.76. The summed E-state index contributed by atoms with van der Waals surface area (Å²) in [6.07, 6.45) is 1.41. The van der Waals surface area contributed by atoms with E-state index in [4.69, 9.17) is 27.6 Å². The van der Waals surface area contributed by atoms with Gasteiger partial charge in [0.15, 0.2) is 5.76 Å². The molecule has 1 aromatic heterocycles. The Morgan fingerprint density at radius 3 is 2.12 bits per heavy atom. The van der Waals surface area contributed by atoms with Crippen molar-refractivity contribution >= 4 is 46.4 Å². The van der Waals surface area contributed by atoms with Gasteiger partial charge in [-0.3, -0.25) is 9.59 Å². The minimum atomic E-state index is -0.420. The Kier molecular flexibility index (Phi) is 5.07. The number of carbonyl (C=O) groups is 2. The van der Waals surface area contributed by atoms with Crippen LogP contribution in [-0.2, 0) is 0 Å². The maximum absolute atomic E-state index is 12.4. The lowest BCUT2D eigenvalue weighted by atomic mass is 10.2. The van der Waals surface area contributed by atoms with Gasteiger partial charge in [0.1, 0.15) is 0 Å². The molecule has 7 heteroatoms. The van der Waals surface area contributed by atoms with E-state index in [0.29, 0.717) is 16.4 Å². The number of amides is 2. The maximum Gasteiger partial charge on any atom is 0.291 e. The van der Waals surface area contributed by atoms with Crippen LogP contribution in [-0.4, -0.2) is 11.8 Å². The van der Waals surface area contributed by atoms with Gasteiger partial charge < -0.3 is 15.1 Å². The van der Waals surface area contributed by atoms with E-state index in [9.17, 15) is 9.59 Å². The number of furan rings is 1. The third-order valence-corrected chi connectivity index (χ3v) is 3.89. The van der Waals surface area contributed by atoms with Gasteiger partial charge in [-0.15, -0.1) is 0 Å². The second-order valence-electron chi connectivity index (χ2n) is 5.06. The molecular weight excluding hydrogens is 363 g/mol. The van der Waals surface area contributed by atoms with E-state index < -0.39 is 11.8 Å². The largest absolute Gasteiger partial charge is 0.459 e. The standard InChI is InChI=1S/C18H12Cl2N2O3/c19-11-7-8-12(13(20)10-11)17(23)21-14-4-1-2-5-15(14)22-18(24)16-6-3-9-25-16/h1-10H,(H,21,23)(H,22,24). The molecular formula is C18H12Cl2N2O3. The Bertz CT molecular complexity index is 924. The van der Waals surface area contributed by atoms with Crippen molar-refractivity contribution in [2.24, 2.45) is 0 Å². The summed E-state index contributed by atoms with van der Waals surface area (Å²) in [7, 11) is 0. The molecule has 0 spiro atoms. The third kappa shape index (κ3) is 4.02. The van der Waals surface area contributed by atoms with Crippen LogP contribution < -0.4 is 10.6 Å². The third-order valence-electron chi connectivity index (χ3n) is 3.34. The fourth-order valence-corrected chi connectivity index (χ4v) is 2.65. The molecule has 0 unspecified atom stereocenters. The van der Waals surface area contributed by atoms with Crippen LogP contribution in [0.2, 0.25) is 10.0 Å². The normalized spacial score (nSPS) is 10.3. The van der Waals surface area contributed by atoms with Gasteiger partial charge in [0, 0.05) is 5.02 Å². The van der Waals surface area contributed by atoms with Crippen molar-refractivity contribution in [3.05, 3.63) is 82.2 Å². The van der Waals surface area contributed by atoms with Gasteiger partial charge in [0.05, 0.1) is 28.2 Å². The van der Waals surface area contributed by atoms with E-state index in [2.05, 4.69) is 10.6 Å². The Morgan fingerprint density at radius 2 is 1.52 bits per heavy atom. The summed E-state index contributed by atoms with van der Waals surface area (Å²) in [5, 5.41) is 6.09. The first-order chi connectivity index (χ1) is 12.0. The van der Waals surface area contributed by atoms with E-state index in [0.717, 1.165) is 0 Å². The summed E-state index contributed by atoms with van der Waals surface area (Å²) in [4.78, 5) is 24.6. The van der Waals surface area contributed by atoms with Crippen molar-refractivity contribution in [1.29, 1.82) is 0 Å². The van der Waals surface area contributed by atoms with Crippen LogP contribution in [0.1, 0.15) is 20.9 Å². The van der Waals surface area contributed by atoms with Crippen LogP contribution in [0.15, 0.2) is 65.3 Å². The average Bonchev–Trinajstić information content (AvgIpc) is 3.11. The van der Waals surface area contributed by atoms with Crippen LogP contribution in [0.3, 0.4) is 0 Å². The number of anilines is 2. The zero-order chi connectivity index (χ0) is 17.8. The monoisotopic (exact) mass is 374 g/mol. The summed E-state index contributed by atoms with van der Waals surface area (Å²) in [5.74, 6) is -0.667. The van der Waals surface area contributed by atoms with Gasteiger partial charge in [0.2, 0.25) is 0 Å². The molecule has 2 amide bonds. The summed E-state index contributed by atoms with van der Waals surface area (Å²) in [6, 6.07) is 14.6. The molecule has 5 nitrogen and oxygen atoms in total. The molecule has 3 rings (SSSR count). The molecule has 0 aliphatic rings. The smallest absolute Gasteiger partial charge is 0.291 e. The highest BCUT2D eigenvalue weighted by Crippen LogP contribution is 2.25. The highest BCUT2D eigenvalue weighted by Gasteiger charge is 2.15. The first-order valence-electron chi connectivity index (χ1n) is 7.25. The van der Waals surface area contributed by atoms with Crippen molar-refractivity contribution < 1.29 is 14.0 Å². The molecule has 25 heavy (non-hydrogen) atoms. The number of carbonyl (C=O) groups excluding carboxylic acids is 2. The molecule has 0 aliphatic carbocycles. The first kappa shape index (κ1) is 17.1. The average molecular weight is 375 g/mol. The van der Waals surface area contributed by atoms with Crippen LogP contribution in [0.4, 0.5) is 11.4 Å². The quantitative estimate of drug-likeness (QED) is 0.667. The van der Waals surface area contributed by atoms with Gasteiger partial charge in [0.25, 0.3) is 11.8 Å². The lowest BCUT2D eigenvalue weighted by molar-refractivity contribution is 0.0993.